The lowest BCUT2D eigenvalue weighted by Gasteiger charge is -2.23. The summed E-state index contributed by atoms with van der Waals surface area (Å²) < 4.78 is 1.70. The number of rotatable bonds is 6. The van der Waals surface area contributed by atoms with Crippen molar-refractivity contribution in [1.82, 2.24) is 34.9 Å². The summed E-state index contributed by atoms with van der Waals surface area (Å²) in [7, 11) is 3.58. The highest BCUT2D eigenvalue weighted by molar-refractivity contribution is 5.74. The zero-order chi connectivity index (χ0) is 17.0. The van der Waals surface area contributed by atoms with Gasteiger partial charge in [-0.15, -0.1) is 0 Å². The van der Waals surface area contributed by atoms with Gasteiger partial charge in [-0.25, -0.2) is 14.8 Å². The first-order chi connectivity index (χ1) is 10.9. The van der Waals surface area contributed by atoms with Crippen molar-refractivity contribution < 1.29 is 4.79 Å². The summed E-state index contributed by atoms with van der Waals surface area (Å²) in [5.74, 6) is 1.95. The van der Waals surface area contributed by atoms with Gasteiger partial charge in [-0.1, -0.05) is 13.8 Å². The van der Waals surface area contributed by atoms with E-state index in [1.54, 1.807) is 22.8 Å². The van der Waals surface area contributed by atoms with E-state index in [2.05, 4.69) is 39.2 Å². The molecule has 0 fully saturated rings. The van der Waals surface area contributed by atoms with E-state index in [4.69, 9.17) is 0 Å². The van der Waals surface area contributed by atoms with Gasteiger partial charge in [0.2, 0.25) is 0 Å². The Morgan fingerprint density at radius 2 is 2.17 bits per heavy atom. The molecule has 0 unspecified atom stereocenters. The molecule has 1 atom stereocenters. The van der Waals surface area contributed by atoms with Crippen LogP contribution in [0.25, 0.3) is 0 Å². The molecule has 0 aliphatic carbocycles. The third-order valence-electron chi connectivity index (χ3n) is 3.55. The quantitative estimate of drug-likeness (QED) is 0.849. The number of hydrogen-bond donors (Lipinski definition) is 2. The molecule has 23 heavy (non-hydrogen) atoms. The lowest BCUT2D eigenvalue weighted by atomic mass is 10.0. The molecule has 8 nitrogen and oxygen atoms in total. The molecule has 0 aliphatic heterocycles. The Bertz CT molecular complexity index is 646. The Morgan fingerprint density at radius 3 is 2.70 bits per heavy atom. The molecule has 0 aliphatic rings. The second-order valence-corrected chi connectivity index (χ2v) is 6.24. The highest BCUT2D eigenvalue weighted by Gasteiger charge is 2.22. The smallest absolute Gasteiger partial charge is 0.318 e. The van der Waals surface area contributed by atoms with E-state index < -0.39 is 0 Å². The van der Waals surface area contributed by atoms with Crippen LogP contribution in [0.1, 0.15) is 43.7 Å². The summed E-state index contributed by atoms with van der Waals surface area (Å²) >= 11 is 0. The first-order valence-electron chi connectivity index (χ1n) is 7.72. The van der Waals surface area contributed by atoms with E-state index in [9.17, 15) is 4.79 Å². The van der Waals surface area contributed by atoms with E-state index >= 15 is 0 Å². The second kappa shape index (κ2) is 7.26. The molecule has 0 saturated carbocycles. The Kier molecular flexibility index (Phi) is 5.36. The number of nitrogens with one attached hydrogen (secondary N) is 2. The number of imidazole rings is 1. The molecule has 2 heterocycles. The summed E-state index contributed by atoms with van der Waals surface area (Å²) in [6, 6.07) is -0.330. The van der Waals surface area contributed by atoms with Gasteiger partial charge in [0.15, 0.2) is 0 Å². The average Bonchev–Trinajstić information content (AvgIpc) is 3.06. The van der Waals surface area contributed by atoms with Crippen molar-refractivity contribution in [3.8, 4) is 0 Å². The van der Waals surface area contributed by atoms with Gasteiger partial charge in [-0.2, -0.15) is 5.10 Å². The molecule has 0 bridgehead atoms. The maximum atomic E-state index is 12.5. The van der Waals surface area contributed by atoms with Crippen LogP contribution in [-0.2, 0) is 13.6 Å². The zero-order valence-corrected chi connectivity index (χ0v) is 14.4. The maximum absolute atomic E-state index is 12.5. The predicted molar refractivity (Wildman–Crippen MR) is 86.5 cm³/mol. The number of nitrogens with zero attached hydrogens (tertiary/aromatic N) is 5. The van der Waals surface area contributed by atoms with Gasteiger partial charge in [0.05, 0.1) is 12.6 Å². The van der Waals surface area contributed by atoms with Gasteiger partial charge in [0, 0.05) is 26.0 Å². The van der Waals surface area contributed by atoms with Crippen LogP contribution >= 0.6 is 0 Å². The Balaban J connectivity index is 2.03. The number of carbonyl (C=O) groups excluding carboxylic acids is 1. The Morgan fingerprint density at radius 1 is 1.43 bits per heavy atom. The van der Waals surface area contributed by atoms with Crippen LogP contribution in [0.15, 0.2) is 12.5 Å². The third-order valence-corrected chi connectivity index (χ3v) is 3.55. The highest BCUT2D eigenvalue weighted by Crippen LogP contribution is 2.19. The molecular weight excluding hydrogens is 294 g/mol. The highest BCUT2D eigenvalue weighted by atomic mass is 16.2. The van der Waals surface area contributed by atoms with Crippen molar-refractivity contribution in [2.75, 3.05) is 7.05 Å². The summed E-state index contributed by atoms with van der Waals surface area (Å²) in [6.07, 6.45) is 4.05. The largest absolute Gasteiger partial charge is 0.345 e. The monoisotopic (exact) mass is 319 g/mol. The minimum Gasteiger partial charge on any atom is -0.345 e. The van der Waals surface area contributed by atoms with Crippen LogP contribution in [0.3, 0.4) is 0 Å². The second-order valence-electron chi connectivity index (χ2n) is 6.24. The average molecular weight is 319 g/mol. The molecule has 2 N–H and O–H groups in total. The zero-order valence-electron chi connectivity index (χ0n) is 14.4. The predicted octanol–water partition coefficient (Wildman–Crippen LogP) is 1.78. The van der Waals surface area contributed by atoms with Crippen molar-refractivity contribution in [3.63, 3.8) is 0 Å². The fourth-order valence-electron chi connectivity index (χ4n) is 2.42. The van der Waals surface area contributed by atoms with E-state index in [0.29, 0.717) is 12.5 Å². The first-order valence-corrected chi connectivity index (χ1v) is 7.72. The van der Waals surface area contributed by atoms with Crippen molar-refractivity contribution in [2.24, 2.45) is 13.0 Å². The van der Waals surface area contributed by atoms with Gasteiger partial charge in [0.1, 0.15) is 18.0 Å². The molecule has 126 valence electrons. The molecule has 0 aromatic carbocycles. The molecular formula is C15H25N7O. The van der Waals surface area contributed by atoms with Gasteiger partial charge in [-0.05, 0) is 19.3 Å². The van der Waals surface area contributed by atoms with Gasteiger partial charge in [-0.3, -0.25) is 4.68 Å². The van der Waals surface area contributed by atoms with Crippen LogP contribution < -0.4 is 5.32 Å². The lowest BCUT2D eigenvalue weighted by molar-refractivity contribution is 0.198. The van der Waals surface area contributed by atoms with Crippen LogP contribution in [0.2, 0.25) is 0 Å². The number of urea groups is 1. The fourth-order valence-corrected chi connectivity index (χ4v) is 2.42. The van der Waals surface area contributed by atoms with Crippen LogP contribution in [-0.4, -0.2) is 42.7 Å². The van der Waals surface area contributed by atoms with Crippen molar-refractivity contribution >= 4 is 6.03 Å². The number of hydrogen-bond acceptors (Lipinski definition) is 4. The molecule has 2 aromatic heterocycles. The van der Waals surface area contributed by atoms with Crippen molar-refractivity contribution in [2.45, 2.75) is 39.8 Å². The SMILES string of the molecule is Cc1cnc(CN(C)C(=O)N[C@H](CC(C)C)c2ncnn2C)[nH]1. The standard InChI is InChI=1S/C15H25N7O/c1-10(2)6-12(14-17-9-18-22(14)5)20-15(23)21(4)8-13-16-7-11(3)19-13/h7,9-10,12H,6,8H2,1-5H3,(H,16,19)(H,20,23)/t12-/m1/s1. The number of carbonyl (C=O) groups is 1. The number of aryl methyl sites for hydroxylation is 2. The van der Waals surface area contributed by atoms with E-state index in [1.165, 1.54) is 6.33 Å². The molecule has 2 rings (SSSR count). The Hall–Kier alpha value is -2.38. The minimum absolute atomic E-state index is 0.160. The third kappa shape index (κ3) is 4.54. The number of aromatic nitrogens is 5. The molecule has 0 spiro atoms. The van der Waals surface area contributed by atoms with Crippen LogP contribution in [0.5, 0.6) is 0 Å². The molecule has 8 heteroatoms. The van der Waals surface area contributed by atoms with E-state index in [0.717, 1.165) is 23.8 Å². The summed E-state index contributed by atoms with van der Waals surface area (Å²) in [5, 5.41) is 7.13. The molecule has 2 aromatic rings. The lowest BCUT2D eigenvalue weighted by Crippen LogP contribution is -2.40. The van der Waals surface area contributed by atoms with E-state index in [1.807, 2.05) is 14.0 Å². The minimum atomic E-state index is -0.171. The van der Waals surface area contributed by atoms with Gasteiger partial charge < -0.3 is 15.2 Å². The van der Waals surface area contributed by atoms with E-state index in [-0.39, 0.29) is 12.1 Å². The van der Waals surface area contributed by atoms with Crippen LogP contribution in [0, 0.1) is 12.8 Å². The summed E-state index contributed by atoms with van der Waals surface area (Å²) in [5.41, 5.74) is 0.977. The van der Waals surface area contributed by atoms with Crippen molar-refractivity contribution in [1.29, 1.82) is 0 Å². The normalized spacial score (nSPS) is 12.4. The van der Waals surface area contributed by atoms with Gasteiger partial charge in [0.25, 0.3) is 0 Å². The van der Waals surface area contributed by atoms with Gasteiger partial charge >= 0.3 is 6.03 Å². The topological polar surface area (TPSA) is 91.7 Å². The number of amides is 2. The number of H-pyrrole nitrogens is 1. The first kappa shape index (κ1) is 17.0. The molecule has 2 amide bonds. The Labute approximate surface area is 136 Å². The number of aromatic amines is 1. The fraction of sp³-hybridized carbons (Fsp3) is 0.600. The van der Waals surface area contributed by atoms with Crippen molar-refractivity contribution in [3.05, 3.63) is 29.9 Å². The summed E-state index contributed by atoms with van der Waals surface area (Å²) in [6.45, 7) is 6.59. The van der Waals surface area contributed by atoms with Crippen LogP contribution in [0.4, 0.5) is 4.79 Å². The maximum Gasteiger partial charge on any atom is 0.318 e. The molecule has 0 saturated heterocycles. The molecule has 0 radical (unpaired) electrons. The summed E-state index contributed by atoms with van der Waals surface area (Å²) in [4.78, 5) is 25.7.